The van der Waals surface area contributed by atoms with Gasteiger partial charge < -0.3 is 18.6 Å². The fourth-order valence-electron chi connectivity index (χ4n) is 5.58. The lowest BCUT2D eigenvalue weighted by Crippen LogP contribution is -2.63. The summed E-state index contributed by atoms with van der Waals surface area (Å²) in [5.41, 5.74) is 2.09. The first-order valence-corrected chi connectivity index (χ1v) is 13.6. The highest BCUT2D eigenvalue weighted by atomic mass is 28.4. The predicted octanol–water partition coefficient (Wildman–Crippen LogP) is 6.39. The van der Waals surface area contributed by atoms with Crippen LogP contribution in [-0.4, -0.2) is 38.8 Å². The fraction of sp³-hybridized carbons (Fsp3) is 0.680. The molecule has 0 spiro atoms. The van der Waals surface area contributed by atoms with E-state index in [4.69, 9.17) is 18.6 Å². The van der Waals surface area contributed by atoms with Crippen molar-refractivity contribution in [2.75, 3.05) is 6.61 Å². The van der Waals surface area contributed by atoms with E-state index in [0.29, 0.717) is 23.2 Å². The first-order valence-electron chi connectivity index (χ1n) is 11.4. The van der Waals surface area contributed by atoms with E-state index in [1.807, 2.05) is 36.4 Å². The smallest absolute Gasteiger partial charge is 0.200 e. The van der Waals surface area contributed by atoms with E-state index in [1.54, 1.807) is 0 Å². The molecule has 2 saturated heterocycles. The molecule has 1 aromatic carbocycles. The van der Waals surface area contributed by atoms with Crippen LogP contribution in [0.4, 0.5) is 0 Å². The molecular formula is C25H40O4Si. The van der Waals surface area contributed by atoms with Crippen molar-refractivity contribution < 1.29 is 18.6 Å². The molecule has 4 nitrogen and oxygen atoms in total. The van der Waals surface area contributed by atoms with Gasteiger partial charge in [0.15, 0.2) is 6.29 Å². The molecule has 0 aliphatic carbocycles. The summed E-state index contributed by atoms with van der Waals surface area (Å²) in [5.74, 6) is 0. The van der Waals surface area contributed by atoms with Crippen molar-refractivity contribution in [2.45, 2.75) is 102 Å². The third kappa shape index (κ3) is 4.33. The topological polar surface area (TPSA) is 36.9 Å². The lowest BCUT2D eigenvalue weighted by Gasteiger charge is -2.53. The summed E-state index contributed by atoms with van der Waals surface area (Å²) < 4.78 is 26.2. The normalized spacial score (nSPS) is 32.5. The van der Waals surface area contributed by atoms with Gasteiger partial charge >= 0.3 is 0 Å². The number of hydrogen-bond donors (Lipinski definition) is 0. The van der Waals surface area contributed by atoms with Crippen LogP contribution < -0.4 is 0 Å². The van der Waals surface area contributed by atoms with Crippen LogP contribution in [0.2, 0.25) is 16.6 Å². The molecule has 1 aromatic rings. The second-order valence-electron chi connectivity index (χ2n) is 10.0. The van der Waals surface area contributed by atoms with Crippen molar-refractivity contribution in [1.82, 2.24) is 0 Å². The molecule has 2 aliphatic heterocycles. The Hall–Kier alpha value is -0.983. The molecule has 30 heavy (non-hydrogen) atoms. The zero-order chi connectivity index (χ0) is 22.1. The number of benzene rings is 1. The molecule has 5 atom stereocenters. The van der Waals surface area contributed by atoms with E-state index in [0.717, 1.165) is 12.0 Å². The maximum atomic E-state index is 7.12. The van der Waals surface area contributed by atoms with Gasteiger partial charge in [-0.15, -0.1) is 6.58 Å². The third-order valence-corrected chi connectivity index (χ3v) is 13.2. The van der Waals surface area contributed by atoms with Gasteiger partial charge in [-0.2, -0.15) is 0 Å². The molecule has 0 radical (unpaired) electrons. The van der Waals surface area contributed by atoms with Crippen LogP contribution >= 0.6 is 0 Å². The summed E-state index contributed by atoms with van der Waals surface area (Å²) in [4.78, 5) is 0. The summed E-state index contributed by atoms with van der Waals surface area (Å²) in [6, 6.07) is 10.1. The van der Waals surface area contributed by atoms with Gasteiger partial charge in [-0.3, -0.25) is 0 Å². The van der Waals surface area contributed by atoms with Crippen LogP contribution in [-0.2, 0) is 18.6 Å². The van der Waals surface area contributed by atoms with Gasteiger partial charge in [0.2, 0.25) is 8.32 Å². The van der Waals surface area contributed by atoms with Gasteiger partial charge in [0.05, 0.1) is 18.8 Å². The van der Waals surface area contributed by atoms with E-state index in [2.05, 4.69) is 55.0 Å². The Labute approximate surface area is 184 Å². The van der Waals surface area contributed by atoms with Gasteiger partial charge in [-0.1, -0.05) is 78.0 Å². The van der Waals surface area contributed by atoms with Crippen molar-refractivity contribution in [2.24, 2.45) is 0 Å². The SMILES string of the molecule is C=C[C@@H]1O[C@]2(C)CO[C@@H](c3ccccc3)O[C@H]2C[C@H]1O[Si](C(C)C)(C(C)C)C(C)C. The lowest BCUT2D eigenvalue weighted by atomic mass is 9.88. The van der Waals surface area contributed by atoms with Crippen molar-refractivity contribution in [3.63, 3.8) is 0 Å². The molecule has 0 aromatic heterocycles. The number of fused-ring (bicyclic) bond motifs is 1. The first-order chi connectivity index (χ1) is 14.1. The number of hydrogen-bond acceptors (Lipinski definition) is 4. The van der Waals surface area contributed by atoms with Gasteiger partial charge in [0, 0.05) is 12.0 Å². The summed E-state index contributed by atoms with van der Waals surface area (Å²) in [6.07, 6.45) is 2.03. The third-order valence-electron chi connectivity index (χ3n) is 7.08. The van der Waals surface area contributed by atoms with Gasteiger partial charge in [0.1, 0.15) is 11.7 Å². The molecule has 0 N–H and O–H groups in total. The fourth-order valence-corrected chi connectivity index (χ4v) is 11.2. The summed E-state index contributed by atoms with van der Waals surface area (Å²) in [7, 11) is -2.05. The highest BCUT2D eigenvalue weighted by molar-refractivity contribution is 6.77. The Morgan fingerprint density at radius 2 is 1.67 bits per heavy atom. The van der Waals surface area contributed by atoms with E-state index < -0.39 is 13.9 Å². The Morgan fingerprint density at radius 3 is 2.20 bits per heavy atom. The molecular weight excluding hydrogens is 392 g/mol. The van der Waals surface area contributed by atoms with Crippen LogP contribution in [0.25, 0.3) is 0 Å². The van der Waals surface area contributed by atoms with Gasteiger partial charge in [-0.05, 0) is 23.5 Å². The van der Waals surface area contributed by atoms with Crippen LogP contribution in [0.3, 0.4) is 0 Å². The van der Waals surface area contributed by atoms with E-state index in [9.17, 15) is 0 Å². The molecule has 168 valence electrons. The summed E-state index contributed by atoms with van der Waals surface area (Å²) in [6.45, 7) is 20.6. The first kappa shape index (κ1) is 23.7. The van der Waals surface area contributed by atoms with Crippen LogP contribution in [0.5, 0.6) is 0 Å². The van der Waals surface area contributed by atoms with Gasteiger partial charge in [-0.25, -0.2) is 0 Å². The maximum Gasteiger partial charge on any atom is 0.200 e. The summed E-state index contributed by atoms with van der Waals surface area (Å²) in [5, 5.41) is 0. The van der Waals surface area contributed by atoms with Gasteiger partial charge in [0.25, 0.3) is 0 Å². The zero-order valence-corrected chi connectivity index (χ0v) is 20.8. The van der Waals surface area contributed by atoms with Crippen molar-refractivity contribution in [1.29, 1.82) is 0 Å². The van der Waals surface area contributed by atoms with E-state index in [-0.39, 0.29) is 24.6 Å². The monoisotopic (exact) mass is 432 g/mol. The van der Waals surface area contributed by atoms with Crippen LogP contribution in [0, 0.1) is 0 Å². The molecule has 0 unspecified atom stereocenters. The average Bonchev–Trinajstić information content (AvgIpc) is 2.70. The highest BCUT2D eigenvalue weighted by Crippen LogP contribution is 2.47. The number of rotatable bonds is 7. The standard InChI is InChI=1S/C25H40O4Si/c1-9-21-22(29-30(17(2)3,18(4)5)19(6)7)15-23-25(8,28-21)16-26-24(27-23)20-13-11-10-12-14-20/h9-14,17-19,21-24H,1,15-16H2,2-8H3/t21-,22+,23-,24+,25+/m0/s1. The molecule has 3 rings (SSSR count). The zero-order valence-electron chi connectivity index (χ0n) is 19.8. The molecule has 5 heteroatoms. The molecule has 0 bridgehead atoms. The second kappa shape index (κ2) is 9.25. The molecule has 0 saturated carbocycles. The Bertz CT molecular complexity index is 683. The van der Waals surface area contributed by atoms with E-state index in [1.165, 1.54) is 0 Å². The summed E-state index contributed by atoms with van der Waals surface area (Å²) >= 11 is 0. The molecule has 2 aliphatic rings. The van der Waals surface area contributed by atoms with Crippen molar-refractivity contribution in [3.05, 3.63) is 48.6 Å². The molecule has 2 fully saturated rings. The minimum Gasteiger partial charge on any atom is -0.410 e. The van der Waals surface area contributed by atoms with Crippen LogP contribution in [0.15, 0.2) is 43.0 Å². The van der Waals surface area contributed by atoms with Crippen molar-refractivity contribution >= 4 is 8.32 Å². The van der Waals surface area contributed by atoms with E-state index >= 15 is 0 Å². The largest absolute Gasteiger partial charge is 0.410 e. The van der Waals surface area contributed by atoms with Crippen LogP contribution in [0.1, 0.15) is 66.7 Å². The lowest BCUT2D eigenvalue weighted by molar-refractivity contribution is -0.331. The highest BCUT2D eigenvalue weighted by Gasteiger charge is 2.54. The number of ether oxygens (including phenoxy) is 3. The minimum atomic E-state index is -2.05. The minimum absolute atomic E-state index is 0.0473. The maximum absolute atomic E-state index is 7.12. The predicted molar refractivity (Wildman–Crippen MR) is 124 cm³/mol. The molecule has 2 heterocycles. The Morgan fingerprint density at radius 1 is 1.07 bits per heavy atom. The Balaban J connectivity index is 1.85. The average molecular weight is 433 g/mol. The van der Waals surface area contributed by atoms with Crippen molar-refractivity contribution in [3.8, 4) is 0 Å². The second-order valence-corrected chi connectivity index (χ2v) is 15.4. The quantitative estimate of drug-likeness (QED) is 0.369. The Kier molecular flexibility index (Phi) is 7.30. The molecule has 0 amide bonds.